The lowest BCUT2D eigenvalue weighted by atomic mass is 10.3. The number of urea groups is 1. The van der Waals surface area contributed by atoms with E-state index in [2.05, 4.69) is 22.2 Å². The van der Waals surface area contributed by atoms with Crippen molar-refractivity contribution < 1.29 is 14.4 Å². The van der Waals surface area contributed by atoms with Gasteiger partial charge in [0.1, 0.15) is 5.82 Å². The largest absolute Gasteiger partial charge is 0.329 e. The van der Waals surface area contributed by atoms with Gasteiger partial charge >= 0.3 is 6.03 Å². The molecule has 0 bridgehead atoms. The minimum Gasteiger partial charge on any atom is -0.321 e. The van der Waals surface area contributed by atoms with Gasteiger partial charge in [-0.05, 0) is 18.2 Å². The number of anilines is 2. The highest BCUT2D eigenvalue weighted by Gasteiger charge is 2.24. The number of amides is 4. The van der Waals surface area contributed by atoms with Gasteiger partial charge in [0, 0.05) is 13.0 Å². The molecule has 2 N–H and O–H groups in total. The Kier molecular flexibility index (Phi) is 3.56. The van der Waals surface area contributed by atoms with E-state index in [9.17, 15) is 14.4 Å². The summed E-state index contributed by atoms with van der Waals surface area (Å²) in [6, 6.07) is 2.72. The molecule has 19 heavy (non-hydrogen) atoms. The Bertz CT molecular complexity index is 538. The van der Waals surface area contributed by atoms with Crippen molar-refractivity contribution in [2.75, 3.05) is 16.8 Å². The zero-order valence-electron chi connectivity index (χ0n) is 10.0. The van der Waals surface area contributed by atoms with Crippen molar-refractivity contribution in [2.45, 2.75) is 6.42 Å². The van der Waals surface area contributed by atoms with Crippen LogP contribution in [0.5, 0.6) is 0 Å². The number of hydrogen-bond acceptors (Lipinski definition) is 4. The van der Waals surface area contributed by atoms with E-state index in [1.165, 1.54) is 11.1 Å². The van der Waals surface area contributed by atoms with Gasteiger partial charge in [0.25, 0.3) is 0 Å². The van der Waals surface area contributed by atoms with Crippen LogP contribution in [0, 0.1) is 0 Å². The van der Waals surface area contributed by atoms with Crippen LogP contribution in [0.15, 0.2) is 31.0 Å². The second kappa shape index (κ2) is 5.30. The van der Waals surface area contributed by atoms with Crippen LogP contribution in [0.3, 0.4) is 0 Å². The third-order valence-corrected chi connectivity index (χ3v) is 2.53. The molecule has 0 saturated carbocycles. The molecule has 1 aliphatic rings. The number of rotatable bonds is 3. The normalized spacial score (nSPS) is 14.8. The minimum absolute atomic E-state index is 0.238. The molecule has 7 nitrogen and oxygen atoms in total. The molecule has 7 heteroatoms. The van der Waals surface area contributed by atoms with Crippen molar-refractivity contribution in [3.63, 3.8) is 0 Å². The van der Waals surface area contributed by atoms with E-state index in [1.54, 1.807) is 12.1 Å². The molecule has 2 rings (SSSR count). The lowest BCUT2D eigenvalue weighted by molar-refractivity contribution is -0.120. The first-order valence-electron chi connectivity index (χ1n) is 5.61. The Morgan fingerprint density at radius 3 is 2.84 bits per heavy atom. The highest BCUT2D eigenvalue weighted by Crippen LogP contribution is 2.16. The maximum atomic E-state index is 11.6. The Labute approximate surface area is 109 Å². The molecule has 0 aliphatic carbocycles. The van der Waals surface area contributed by atoms with E-state index in [1.807, 2.05) is 0 Å². The molecule has 1 aromatic rings. The van der Waals surface area contributed by atoms with Crippen LogP contribution in [0.1, 0.15) is 6.42 Å². The second-order valence-corrected chi connectivity index (χ2v) is 3.85. The molecule has 1 fully saturated rings. The fraction of sp³-hybridized carbons (Fsp3) is 0.167. The van der Waals surface area contributed by atoms with E-state index >= 15 is 0 Å². The summed E-state index contributed by atoms with van der Waals surface area (Å²) in [5.41, 5.74) is 0.502. The Morgan fingerprint density at radius 1 is 1.47 bits per heavy atom. The number of nitrogens with zero attached hydrogens (tertiary/aromatic N) is 2. The van der Waals surface area contributed by atoms with Crippen molar-refractivity contribution in [1.29, 1.82) is 0 Å². The molecule has 1 aromatic heterocycles. The van der Waals surface area contributed by atoms with Crippen molar-refractivity contribution >= 4 is 29.4 Å². The first-order chi connectivity index (χ1) is 9.10. The number of imide groups is 1. The Hall–Kier alpha value is -2.70. The first kappa shape index (κ1) is 12.7. The van der Waals surface area contributed by atoms with Crippen LogP contribution < -0.4 is 15.5 Å². The van der Waals surface area contributed by atoms with Gasteiger partial charge in [-0.3, -0.25) is 19.8 Å². The van der Waals surface area contributed by atoms with Gasteiger partial charge in [0.15, 0.2) is 0 Å². The summed E-state index contributed by atoms with van der Waals surface area (Å²) in [5, 5.41) is 4.76. The number of nitrogens with one attached hydrogen (secondary N) is 2. The van der Waals surface area contributed by atoms with E-state index in [4.69, 9.17) is 0 Å². The average Bonchev–Trinajstić information content (AvgIpc) is 2.40. The summed E-state index contributed by atoms with van der Waals surface area (Å²) in [4.78, 5) is 39.1. The number of pyridine rings is 1. The Morgan fingerprint density at radius 2 is 2.26 bits per heavy atom. The van der Waals surface area contributed by atoms with Gasteiger partial charge in [-0.15, -0.1) is 0 Å². The maximum absolute atomic E-state index is 11.6. The van der Waals surface area contributed by atoms with Crippen molar-refractivity contribution in [3.05, 3.63) is 31.0 Å². The first-order valence-corrected chi connectivity index (χ1v) is 5.61. The highest BCUT2D eigenvalue weighted by molar-refractivity contribution is 6.05. The van der Waals surface area contributed by atoms with Gasteiger partial charge in [-0.2, -0.15) is 0 Å². The fourth-order valence-corrected chi connectivity index (χ4v) is 1.60. The van der Waals surface area contributed by atoms with Crippen LogP contribution in [0.2, 0.25) is 0 Å². The summed E-state index contributed by atoms with van der Waals surface area (Å²) in [5.74, 6) is -0.214. The smallest absolute Gasteiger partial charge is 0.321 e. The average molecular weight is 260 g/mol. The lowest BCUT2D eigenvalue weighted by Crippen LogP contribution is -2.49. The quantitative estimate of drug-likeness (QED) is 0.781. The maximum Gasteiger partial charge on any atom is 0.329 e. The molecular weight excluding hydrogens is 248 g/mol. The molecule has 2 heterocycles. The number of carbonyl (C=O) groups excluding carboxylic acids is 3. The van der Waals surface area contributed by atoms with Gasteiger partial charge < -0.3 is 5.32 Å². The topological polar surface area (TPSA) is 91.4 Å². The van der Waals surface area contributed by atoms with Crippen molar-refractivity contribution in [3.8, 4) is 0 Å². The van der Waals surface area contributed by atoms with Gasteiger partial charge in [-0.1, -0.05) is 6.58 Å². The molecule has 0 atom stereocenters. The molecule has 0 radical (unpaired) electrons. The molecule has 1 saturated heterocycles. The van der Waals surface area contributed by atoms with Gasteiger partial charge in [-0.25, -0.2) is 9.78 Å². The zero-order chi connectivity index (χ0) is 13.8. The zero-order valence-corrected chi connectivity index (χ0v) is 10.0. The second-order valence-electron chi connectivity index (χ2n) is 3.85. The van der Waals surface area contributed by atoms with Crippen LogP contribution in [-0.4, -0.2) is 29.4 Å². The standard InChI is InChI=1S/C12H12N4O3/c1-2-10(17)14-8-3-4-9(13-7-8)16-6-5-11(18)15-12(16)19/h2-4,7H,1,5-6H2,(H,14,17)(H,15,18,19). The fourth-order valence-electron chi connectivity index (χ4n) is 1.60. The number of hydrogen-bond donors (Lipinski definition) is 2. The van der Waals surface area contributed by atoms with Crippen LogP contribution >= 0.6 is 0 Å². The predicted molar refractivity (Wildman–Crippen MR) is 68.6 cm³/mol. The van der Waals surface area contributed by atoms with Crippen LogP contribution in [0.4, 0.5) is 16.3 Å². The summed E-state index contributed by atoms with van der Waals surface area (Å²) in [6.45, 7) is 3.63. The summed E-state index contributed by atoms with van der Waals surface area (Å²) in [6.07, 6.45) is 2.82. The molecular formula is C12H12N4O3. The Balaban J connectivity index is 2.10. The van der Waals surface area contributed by atoms with Gasteiger partial charge in [0.05, 0.1) is 11.9 Å². The van der Waals surface area contributed by atoms with E-state index in [0.717, 1.165) is 6.08 Å². The highest BCUT2D eigenvalue weighted by atomic mass is 16.2. The summed E-state index contributed by atoms with van der Waals surface area (Å²) < 4.78 is 0. The number of carbonyl (C=O) groups is 3. The van der Waals surface area contributed by atoms with Crippen LogP contribution in [0.25, 0.3) is 0 Å². The molecule has 4 amide bonds. The SMILES string of the molecule is C=CC(=O)Nc1ccc(N2CCC(=O)NC2=O)nc1. The summed E-state index contributed by atoms with van der Waals surface area (Å²) in [7, 11) is 0. The van der Waals surface area contributed by atoms with E-state index < -0.39 is 6.03 Å². The molecule has 1 aliphatic heterocycles. The molecule has 98 valence electrons. The van der Waals surface area contributed by atoms with Crippen LogP contribution in [-0.2, 0) is 9.59 Å². The molecule has 0 unspecified atom stereocenters. The number of aromatic nitrogens is 1. The predicted octanol–water partition coefficient (Wildman–Crippen LogP) is 0.652. The summed E-state index contributed by atoms with van der Waals surface area (Å²) >= 11 is 0. The third-order valence-electron chi connectivity index (χ3n) is 2.53. The monoisotopic (exact) mass is 260 g/mol. The van der Waals surface area contributed by atoms with E-state index in [0.29, 0.717) is 11.5 Å². The van der Waals surface area contributed by atoms with Crippen molar-refractivity contribution in [1.82, 2.24) is 10.3 Å². The minimum atomic E-state index is -0.494. The van der Waals surface area contributed by atoms with E-state index in [-0.39, 0.29) is 24.8 Å². The molecule has 0 aromatic carbocycles. The van der Waals surface area contributed by atoms with Crippen molar-refractivity contribution in [2.24, 2.45) is 0 Å². The third kappa shape index (κ3) is 2.95. The molecule has 0 spiro atoms. The lowest BCUT2D eigenvalue weighted by Gasteiger charge is -2.25. The van der Waals surface area contributed by atoms with Gasteiger partial charge in [0.2, 0.25) is 11.8 Å².